The van der Waals surface area contributed by atoms with Gasteiger partial charge in [-0.1, -0.05) is 32.4 Å². The molecular formula is C13H16ClFOS. The van der Waals surface area contributed by atoms with Crippen LogP contribution in [0.2, 0.25) is 5.02 Å². The zero-order chi connectivity index (χ0) is 13.2. The third-order valence-electron chi connectivity index (χ3n) is 2.44. The minimum Gasteiger partial charge on any atom is -0.302 e. The molecule has 1 nitrogen and oxygen atoms in total. The monoisotopic (exact) mass is 274 g/mol. The van der Waals surface area contributed by atoms with Crippen molar-refractivity contribution in [1.82, 2.24) is 0 Å². The van der Waals surface area contributed by atoms with Crippen LogP contribution in [0.1, 0.15) is 26.3 Å². The minimum absolute atomic E-state index is 0.155. The molecule has 0 amide bonds. The van der Waals surface area contributed by atoms with Gasteiger partial charge in [-0.25, -0.2) is 4.39 Å². The van der Waals surface area contributed by atoms with Crippen LogP contribution in [0.15, 0.2) is 17.0 Å². The van der Waals surface area contributed by atoms with Crippen molar-refractivity contribution in [2.45, 2.75) is 37.8 Å². The first kappa shape index (κ1) is 14.5. The molecule has 1 unspecified atom stereocenters. The van der Waals surface area contributed by atoms with Gasteiger partial charge in [0.15, 0.2) is 0 Å². The summed E-state index contributed by atoms with van der Waals surface area (Å²) in [5.41, 5.74) is 0.383. The van der Waals surface area contributed by atoms with E-state index >= 15 is 0 Å². The molecule has 0 radical (unpaired) electrons. The number of benzene rings is 1. The molecule has 0 N–H and O–H groups in total. The smallest absolute Gasteiger partial charge is 0.133 e. The number of aryl methyl sites for hydroxylation is 1. The highest BCUT2D eigenvalue weighted by atomic mass is 35.5. The number of rotatable bonds is 3. The molecule has 17 heavy (non-hydrogen) atoms. The van der Waals surface area contributed by atoms with E-state index in [1.54, 1.807) is 13.0 Å². The van der Waals surface area contributed by atoms with Crippen LogP contribution in [0.5, 0.6) is 0 Å². The maximum Gasteiger partial charge on any atom is 0.133 e. The fourth-order valence-corrected chi connectivity index (χ4v) is 2.65. The predicted octanol–water partition coefficient (Wildman–Crippen LogP) is 4.49. The molecule has 1 aromatic rings. The second kappa shape index (κ2) is 5.40. The molecule has 0 saturated carbocycles. The van der Waals surface area contributed by atoms with Crippen molar-refractivity contribution in [1.29, 1.82) is 0 Å². The van der Waals surface area contributed by atoms with Gasteiger partial charge in [0.1, 0.15) is 12.1 Å². The van der Waals surface area contributed by atoms with Crippen molar-refractivity contribution in [3.8, 4) is 0 Å². The molecule has 0 heterocycles. The highest BCUT2D eigenvalue weighted by molar-refractivity contribution is 8.00. The summed E-state index contributed by atoms with van der Waals surface area (Å²) in [6.07, 6.45) is 0.916. The summed E-state index contributed by atoms with van der Waals surface area (Å²) in [7, 11) is 0. The lowest BCUT2D eigenvalue weighted by molar-refractivity contribution is -0.108. The van der Waals surface area contributed by atoms with E-state index in [2.05, 4.69) is 0 Å². The first-order valence-corrected chi connectivity index (χ1v) is 6.59. The Morgan fingerprint density at radius 2 is 2.00 bits per heavy atom. The largest absolute Gasteiger partial charge is 0.302 e. The molecule has 0 bridgehead atoms. The van der Waals surface area contributed by atoms with Crippen LogP contribution in [-0.4, -0.2) is 11.5 Å². The molecule has 0 fully saturated rings. The van der Waals surface area contributed by atoms with Crippen LogP contribution in [0.25, 0.3) is 0 Å². The predicted molar refractivity (Wildman–Crippen MR) is 71.3 cm³/mol. The van der Waals surface area contributed by atoms with Crippen LogP contribution in [0.3, 0.4) is 0 Å². The zero-order valence-electron chi connectivity index (χ0n) is 10.4. The van der Waals surface area contributed by atoms with E-state index in [0.29, 0.717) is 10.6 Å². The first-order valence-electron chi connectivity index (χ1n) is 5.33. The van der Waals surface area contributed by atoms with Gasteiger partial charge in [-0.3, -0.25) is 0 Å². The second-order valence-electron chi connectivity index (χ2n) is 5.07. The van der Waals surface area contributed by atoms with E-state index in [0.717, 1.165) is 11.2 Å². The summed E-state index contributed by atoms with van der Waals surface area (Å²) in [5, 5.41) is 0.152. The van der Waals surface area contributed by atoms with Crippen molar-refractivity contribution in [2.75, 3.05) is 0 Å². The van der Waals surface area contributed by atoms with E-state index in [1.165, 1.54) is 17.8 Å². The van der Waals surface area contributed by atoms with Crippen LogP contribution >= 0.6 is 23.4 Å². The van der Waals surface area contributed by atoms with Gasteiger partial charge >= 0.3 is 0 Å². The number of hydrogen-bond acceptors (Lipinski definition) is 2. The molecule has 0 aliphatic heterocycles. The molecule has 94 valence electrons. The van der Waals surface area contributed by atoms with E-state index in [9.17, 15) is 9.18 Å². The number of thioether (sulfide) groups is 1. The third-order valence-corrected chi connectivity index (χ3v) is 4.53. The van der Waals surface area contributed by atoms with Crippen molar-refractivity contribution in [2.24, 2.45) is 5.41 Å². The SMILES string of the molecule is Cc1cc(SC(C=O)C(C)(C)C)c(Cl)cc1F. The Kier molecular flexibility index (Phi) is 4.62. The topological polar surface area (TPSA) is 17.1 Å². The standard InChI is InChI=1S/C13H16ClFOS/c1-8-5-11(9(14)6-10(8)15)17-12(7-16)13(2,3)4/h5-7,12H,1-4H3. The molecular weight excluding hydrogens is 259 g/mol. The average Bonchev–Trinajstić information content (AvgIpc) is 2.19. The van der Waals surface area contributed by atoms with Gasteiger partial charge in [-0.05, 0) is 30.0 Å². The maximum absolute atomic E-state index is 13.2. The van der Waals surface area contributed by atoms with Gasteiger partial charge in [0.05, 0.1) is 10.3 Å². The van der Waals surface area contributed by atoms with Gasteiger partial charge in [0.25, 0.3) is 0 Å². The molecule has 0 aliphatic carbocycles. The highest BCUT2D eigenvalue weighted by Gasteiger charge is 2.26. The van der Waals surface area contributed by atoms with Crippen molar-refractivity contribution in [3.63, 3.8) is 0 Å². The molecule has 1 rings (SSSR count). The van der Waals surface area contributed by atoms with Gasteiger partial charge in [0.2, 0.25) is 0 Å². The van der Waals surface area contributed by atoms with E-state index in [4.69, 9.17) is 11.6 Å². The number of carbonyl (C=O) groups excluding carboxylic acids is 1. The highest BCUT2D eigenvalue weighted by Crippen LogP contribution is 2.38. The molecule has 1 aromatic carbocycles. The summed E-state index contributed by atoms with van der Waals surface area (Å²) >= 11 is 7.35. The first-order chi connectivity index (χ1) is 7.75. The molecule has 4 heteroatoms. The van der Waals surface area contributed by atoms with E-state index in [-0.39, 0.29) is 16.5 Å². The van der Waals surface area contributed by atoms with E-state index in [1.807, 2.05) is 20.8 Å². The Labute approximate surface area is 111 Å². The normalized spacial score (nSPS) is 13.5. The van der Waals surface area contributed by atoms with Gasteiger partial charge in [-0.15, -0.1) is 11.8 Å². The van der Waals surface area contributed by atoms with Crippen molar-refractivity contribution in [3.05, 3.63) is 28.5 Å². The Morgan fingerprint density at radius 1 is 1.41 bits per heavy atom. The lowest BCUT2D eigenvalue weighted by atomic mass is 9.93. The van der Waals surface area contributed by atoms with Crippen molar-refractivity contribution < 1.29 is 9.18 Å². The number of aldehydes is 1. The molecule has 0 spiro atoms. The summed E-state index contributed by atoms with van der Waals surface area (Å²) in [5.74, 6) is -0.322. The summed E-state index contributed by atoms with van der Waals surface area (Å²) in [6.45, 7) is 7.65. The second-order valence-corrected chi connectivity index (χ2v) is 6.66. The van der Waals surface area contributed by atoms with Crippen LogP contribution in [-0.2, 0) is 4.79 Å². The van der Waals surface area contributed by atoms with Crippen molar-refractivity contribution >= 4 is 29.6 Å². The van der Waals surface area contributed by atoms with E-state index < -0.39 is 0 Å². The average molecular weight is 275 g/mol. The fourth-order valence-electron chi connectivity index (χ4n) is 1.27. The Hall–Kier alpha value is -0.540. The molecule has 1 atom stereocenters. The maximum atomic E-state index is 13.2. The van der Waals surface area contributed by atoms with Gasteiger partial charge < -0.3 is 4.79 Å². The number of carbonyl (C=O) groups is 1. The van der Waals surface area contributed by atoms with Crippen LogP contribution < -0.4 is 0 Å². The van der Waals surface area contributed by atoms with Crippen LogP contribution in [0.4, 0.5) is 4.39 Å². The lowest BCUT2D eigenvalue weighted by Gasteiger charge is -2.25. The Morgan fingerprint density at radius 3 is 2.47 bits per heavy atom. The molecule has 0 aromatic heterocycles. The fraction of sp³-hybridized carbons (Fsp3) is 0.462. The molecule has 0 saturated heterocycles. The number of hydrogen-bond donors (Lipinski definition) is 0. The minimum atomic E-state index is -0.322. The lowest BCUT2D eigenvalue weighted by Crippen LogP contribution is -2.24. The van der Waals surface area contributed by atoms with Gasteiger partial charge in [0, 0.05) is 4.90 Å². The summed E-state index contributed by atoms with van der Waals surface area (Å²) in [6, 6.07) is 2.98. The summed E-state index contributed by atoms with van der Waals surface area (Å²) < 4.78 is 13.2. The zero-order valence-corrected chi connectivity index (χ0v) is 12.0. The quantitative estimate of drug-likeness (QED) is 0.597. The summed E-state index contributed by atoms with van der Waals surface area (Å²) in [4.78, 5) is 11.8. The van der Waals surface area contributed by atoms with Gasteiger partial charge in [-0.2, -0.15) is 0 Å². The Balaban J connectivity index is 3.02. The molecule has 0 aliphatic rings. The third kappa shape index (κ3) is 3.71. The van der Waals surface area contributed by atoms with Crippen LogP contribution in [0, 0.1) is 18.2 Å². The number of halogens is 2. The Bertz CT molecular complexity index is 426.